The minimum absolute atomic E-state index is 0.0411. The van der Waals surface area contributed by atoms with Gasteiger partial charge in [-0.05, 0) is 42.6 Å². The van der Waals surface area contributed by atoms with E-state index in [0.717, 1.165) is 17.2 Å². The topological polar surface area (TPSA) is 63.6 Å². The third-order valence-corrected chi connectivity index (χ3v) is 4.28. The molecule has 1 heterocycles. The number of halogens is 3. The number of hydrogen-bond donors (Lipinski definition) is 1. The van der Waals surface area contributed by atoms with Crippen LogP contribution in [0, 0.1) is 5.82 Å². The summed E-state index contributed by atoms with van der Waals surface area (Å²) in [5.74, 6) is -0.605. The quantitative estimate of drug-likeness (QED) is 0.266. The summed E-state index contributed by atoms with van der Waals surface area (Å²) >= 11 is 12.1. The molecular formula is C19H13Cl2FN4. The Kier molecular flexibility index (Phi) is 5.30. The van der Waals surface area contributed by atoms with E-state index >= 15 is 0 Å². The molecule has 0 aliphatic rings. The largest absolute Gasteiger partial charge is 0.397 e. The van der Waals surface area contributed by atoms with E-state index in [9.17, 15) is 4.39 Å². The van der Waals surface area contributed by atoms with E-state index in [1.807, 2.05) is 12.1 Å². The number of nitrogens with two attached hydrogens (primary N) is 1. The first-order valence-corrected chi connectivity index (χ1v) is 8.25. The fourth-order valence-electron chi connectivity index (χ4n) is 2.52. The molecule has 3 aromatic rings. The Morgan fingerprint density at radius 1 is 1.12 bits per heavy atom. The molecule has 0 unspecified atom stereocenters. The van der Waals surface area contributed by atoms with Crippen LogP contribution in [-0.2, 0) is 0 Å². The summed E-state index contributed by atoms with van der Waals surface area (Å²) in [4.78, 5) is 12.0. The highest BCUT2D eigenvalue weighted by atomic mass is 35.5. The van der Waals surface area contributed by atoms with Crippen molar-refractivity contribution in [3.05, 3.63) is 64.5 Å². The van der Waals surface area contributed by atoms with Crippen molar-refractivity contribution in [2.24, 2.45) is 9.98 Å². The van der Waals surface area contributed by atoms with E-state index in [2.05, 4.69) is 21.7 Å². The molecular weight excluding hydrogens is 374 g/mol. The summed E-state index contributed by atoms with van der Waals surface area (Å²) in [5, 5.41) is 0.195. The maximum Gasteiger partial charge on any atom is 0.143 e. The average molecular weight is 387 g/mol. The Morgan fingerprint density at radius 2 is 1.92 bits per heavy atom. The number of rotatable bonds is 4. The Bertz CT molecular complexity index is 1020. The van der Waals surface area contributed by atoms with Crippen LogP contribution in [0.25, 0.3) is 22.4 Å². The molecule has 26 heavy (non-hydrogen) atoms. The molecule has 4 nitrogen and oxygen atoms in total. The zero-order valence-electron chi connectivity index (χ0n) is 13.5. The van der Waals surface area contributed by atoms with Gasteiger partial charge in [0.2, 0.25) is 0 Å². The predicted octanol–water partition coefficient (Wildman–Crippen LogP) is 5.80. The van der Waals surface area contributed by atoms with Crippen molar-refractivity contribution in [1.82, 2.24) is 4.98 Å². The standard InChI is InChI=1S/C19H13Cl2FN4/c1-24-10-26-17-5-4-11(7-16(17)23)13-3-2-6-25-19(13)14-8-12(20)9-15(22)18(14)21/h2-10H,1,23H2. The van der Waals surface area contributed by atoms with Crippen LogP contribution in [0.15, 0.2) is 58.6 Å². The number of pyridine rings is 1. The molecule has 0 bridgehead atoms. The molecule has 0 amide bonds. The second-order valence-electron chi connectivity index (χ2n) is 5.35. The molecule has 0 aliphatic carbocycles. The molecule has 0 atom stereocenters. The number of nitrogens with zero attached hydrogens (tertiary/aromatic N) is 3. The fraction of sp³-hybridized carbons (Fsp3) is 0. The van der Waals surface area contributed by atoms with Gasteiger partial charge in [0.1, 0.15) is 12.2 Å². The Morgan fingerprint density at radius 3 is 2.65 bits per heavy atom. The van der Waals surface area contributed by atoms with Crippen LogP contribution in [0.1, 0.15) is 0 Å². The zero-order chi connectivity index (χ0) is 18.7. The Balaban J connectivity index is 2.16. The fourth-order valence-corrected chi connectivity index (χ4v) is 2.93. The molecule has 0 radical (unpaired) electrons. The molecule has 7 heteroatoms. The minimum Gasteiger partial charge on any atom is -0.397 e. The van der Waals surface area contributed by atoms with Gasteiger partial charge in [0.05, 0.1) is 22.1 Å². The lowest BCUT2D eigenvalue weighted by molar-refractivity contribution is 0.629. The molecule has 0 aliphatic heterocycles. The minimum atomic E-state index is -0.605. The van der Waals surface area contributed by atoms with Gasteiger partial charge in [-0.3, -0.25) is 9.98 Å². The molecule has 1 aromatic heterocycles. The van der Waals surface area contributed by atoms with Gasteiger partial charge >= 0.3 is 0 Å². The predicted molar refractivity (Wildman–Crippen MR) is 107 cm³/mol. The number of hydrogen-bond acceptors (Lipinski definition) is 3. The number of aromatic nitrogens is 1. The van der Waals surface area contributed by atoms with Crippen molar-refractivity contribution in [1.29, 1.82) is 0 Å². The summed E-state index contributed by atoms with van der Waals surface area (Å²) in [6, 6.07) is 11.7. The molecule has 2 aromatic carbocycles. The van der Waals surface area contributed by atoms with E-state index < -0.39 is 5.82 Å². The first-order valence-electron chi connectivity index (χ1n) is 7.49. The van der Waals surface area contributed by atoms with E-state index in [0.29, 0.717) is 22.6 Å². The first-order chi connectivity index (χ1) is 12.5. The van der Waals surface area contributed by atoms with E-state index in [-0.39, 0.29) is 10.0 Å². The van der Waals surface area contributed by atoms with Crippen LogP contribution in [0.2, 0.25) is 10.0 Å². The number of aliphatic imine (C=N–C) groups is 2. The average Bonchev–Trinajstić information content (AvgIpc) is 2.63. The van der Waals surface area contributed by atoms with Gasteiger partial charge in [0.25, 0.3) is 0 Å². The van der Waals surface area contributed by atoms with Crippen LogP contribution in [0.3, 0.4) is 0 Å². The summed E-state index contributed by atoms with van der Waals surface area (Å²) in [6.45, 7) is 3.34. The van der Waals surface area contributed by atoms with Crippen LogP contribution in [0.4, 0.5) is 15.8 Å². The highest BCUT2D eigenvalue weighted by molar-refractivity contribution is 6.35. The van der Waals surface area contributed by atoms with Crippen LogP contribution < -0.4 is 5.73 Å². The second kappa shape index (κ2) is 7.64. The van der Waals surface area contributed by atoms with Crippen LogP contribution in [-0.4, -0.2) is 18.0 Å². The van der Waals surface area contributed by atoms with Crippen molar-refractivity contribution >= 4 is 47.6 Å². The summed E-state index contributed by atoms with van der Waals surface area (Å²) < 4.78 is 14.0. The highest BCUT2D eigenvalue weighted by Crippen LogP contribution is 2.38. The molecule has 130 valence electrons. The van der Waals surface area contributed by atoms with Gasteiger partial charge in [-0.2, -0.15) is 0 Å². The lowest BCUT2D eigenvalue weighted by Gasteiger charge is -2.12. The summed E-state index contributed by atoms with van der Waals surface area (Å²) in [7, 11) is 0. The summed E-state index contributed by atoms with van der Waals surface area (Å²) in [5.41, 5.74) is 9.52. The third kappa shape index (κ3) is 3.59. The van der Waals surface area contributed by atoms with Crippen LogP contribution >= 0.6 is 23.2 Å². The van der Waals surface area contributed by atoms with E-state index in [1.165, 1.54) is 6.34 Å². The molecule has 2 N–H and O–H groups in total. The van der Waals surface area contributed by atoms with Gasteiger partial charge in [-0.1, -0.05) is 35.3 Å². The third-order valence-electron chi connectivity index (χ3n) is 3.67. The van der Waals surface area contributed by atoms with Crippen molar-refractivity contribution in [3.63, 3.8) is 0 Å². The molecule has 3 rings (SSSR count). The van der Waals surface area contributed by atoms with Gasteiger partial charge in [0, 0.05) is 22.3 Å². The highest BCUT2D eigenvalue weighted by Gasteiger charge is 2.16. The summed E-state index contributed by atoms with van der Waals surface area (Å²) in [6.07, 6.45) is 2.92. The maximum absolute atomic E-state index is 14.0. The number of nitrogen functional groups attached to an aromatic ring is 1. The monoisotopic (exact) mass is 386 g/mol. The number of benzene rings is 2. The normalized spacial score (nSPS) is 11.0. The first kappa shape index (κ1) is 18.0. The van der Waals surface area contributed by atoms with Gasteiger partial charge in [0.15, 0.2) is 0 Å². The lowest BCUT2D eigenvalue weighted by Crippen LogP contribution is -1.93. The van der Waals surface area contributed by atoms with Crippen molar-refractivity contribution < 1.29 is 4.39 Å². The maximum atomic E-state index is 14.0. The van der Waals surface area contributed by atoms with Gasteiger partial charge in [-0.25, -0.2) is 9.38 Å². The van der Waals surface area contributed by atoms with Gasteiger partial charge in [-0.15, -0.1) is 0 Å². The van der Waals surface area contributed by atoms with Crippen LogP contribution in [0.5, 0.6) is 0 Å². The zero-order valence-corrected chi connectivity index (χ0v) is 15.0. The Hall–Kier alpha value is -2.76. The van der Waals surface area contributed by atoms with E-state index in [4.69, 9.17) is 28.9 Å². The van der Waals surface area contributed by atoms with E-state index in [1.54, 1.807) is 30.5 Å². The molecule has 0 saturated carbocycles. The molecule has 0 spiro atoms. The van der Waals surface area contributed by atoms with Crippen molar-refractivity contribution in [2.45, 2.75) is 0 Å². The smallest absolute Gasteiger partial charge is 0.143 e. The lowest BCUT2D eigenvalue weighted by atomic mass is 9.98. The van der Waals surface area contributed by atoms with Crippen molar-refractivity contribution in [2.75, 3.05) is 5.73 Å². The molecule has 0 fully saturated rings. The SMILES string of the molecule is C=NC=Nc1ccc(-c2cccnc2-c2cc(Cl)cc(F)c2Cl)cc1N. The van der Waals surface area contributed by atoms with Crippen molar-refractivity contribution in [3.8, 4) is 22.4 Å². The Labute approximate surface area is 159 Å². The number of anilines is 1. The second-order valence-corrected chi connectivity index (χ2v) is 6.16. The van der Waals surface area contributed by atoms with Gasteiger partial charge < -0.3 is 5.73 Å². The molecule has 0 saturated heterocycles.